The SMILES string of the molecule is COc1ccc(CO[C@H]2[C@@H](OC(=O)c3ccc(C)cc3)[C@@H]3O[C@H](c4ccccc4)OC[C@H]3O[C@@H]2SC)cc1. The van der Waals surface area contributed by atoms with E-state index in [2.05, 4.69) is 0 Å². The van der Waals surface area contributed by atoms with Crippen molar-refractivity contribution in [3.8, 4) is 5.75 Å². The summed E-state index contributed by atoms with van der Waals surface area (Å²) in [7, 11) is 1.63. The van der Waals surface area contributed by atoms with Crippen LogP contribution in [0, 0.1) is 6.92 Å². The molecule has 0 aliphatic carbocycles. The number of methoxy groups -OCH3 is 1. The van der Waals surface area contributed by atoms with Crippen molar-refractivity contribution in [1.82, 2.24) is 0 Å². The molecule has 2 saturated heterocycles. The zero-order chi connectivity index (χ0) is 26.5. The van der Waals surface area contributed by atoms with Crippen molar-refractivity contribution in [2.75, 3.05) is 20.0 Å². The molecule has 200 valence electrons. The van der Waals surface area contributed by atoms with Crippen LogP contribution in [0.4, 0.5) is 0 Å². The quantitative estimate of drug-likeness (QED) is 0.359. The van der Waals surface area contributed by atoms with Crippen molar-refractivity contribution in [2.45, 2.75) is 49.7 Å². The van der Waals surface area contributed by atoms with E-state index >= 15 is 0 Å². The maximum Gasteiger partial charge on any atom is 0.338 e. The molecule has 2 aliphatic heterocycles. The van der Waals surface area contributed by atoms with Gasteiger partial charge in [0.15, 0.2) is 12.4 Å². The monoisotopic (exact) mass is 536 g/mol. The van der Waals surface area contributed by atoms with E-state index in [0.717, 1.165) is 22.4 Å². The van der Waals surface area contributed by atoms with E-state index in [1.807, 2.05) is 79.9 Å². The van der Waals surface area contributed by atoms with Gasteiger partial charge in [-0.05, 0) is 43.0 Å². The Hall–Kier alpha value is -2.88. The van der Waals surface area contributed by atoms with Gasteiger partial charge in [0.2, 0.25) is 0 Å². The van der Waals surface area contributed by atoms with Crippen molar-refractivity contribution < 1.29 is 33.2 Å². The molecule has 3 aromatic carbocycles. The lowest BCUT2D eigenvalue weighted by Gasteiger charge is -2.48. The van der Waals surface area contributed by atoms with E-state index in [1.165, 1.54) is 11.8 Å². The highest BCUT2D eigenvalue weighted by Crippen LogP contribution is 2.39. The van der Waals surface area contributed by atoms with Gasteiger partial charge < -0.3 is 28.4 Å². The third-order valence-corrected chi connectivity index (χ3v) is 7.56. The smallest absolute Gasteiger partial charge is 0.338 e. The molecule has 0 spiro atoms. The number of aryl methyl sites for hydroxylation is 1. The van der Waals surface area contributed by atoms with Crippen molar-refractivity contribution in [2.24, 2.45) is 0 Å². The summed E-state index contributed by atoms with van der Waals surface area (Å²) in [5.41, 5.74) is 3.00. The van der Waals surface area contributed by atoms with Crippen LogP contribution in [0.3, 0.4) is 0 Å². The van der Waals surface area contributed by atoms with Crippen LogP contribution < -0.4 is 4.74 Å². The Morgan fingerprint density at radius 3 is 2.37 bits per heavy atom. The number of benzene rings is 3. The summed E-state index contributed by atoms with van der Waals surface area (Å²) in [6.45, 7) is 2.60. The molecule has 2 heterocycles. The molecule has 0 unspecified atom stereocenters. The molecule has 5 rings (SSSR count). The number of carbonyl (C=O) groups excluding carboxylic acids is 1. The summed E-state index contributed by atoms with van der Waals surface area (Å²) in [5.74, 6) is 0.340. The predicted octanol–water partition coefficient (Wildman–Crippen LogP) is 5.32. The molecule has 0 bridgehead atoms. The lowest BCUT2D eigenvalue weighted by Crippen LogP contribution is -2.62. The van der Waals surface area contributed by atoms with E-state index in [4.69, 9.17) is 28.4 Å². The Kier molecular flexibility index (Phi) is 8.66. The van der Waals surface area contributed by atoms with Crippen molar-refractivity contribution in [1.29, 1.82) is 0 Å². The van der Waals surface area contributed by atoms with Crippen LogP contribution in [0.25, 0.3) is 0 Å². The molecule has 2 fully saturated rings. The van der Waals surface area contributed by atoms with Crippen LogP contribution in [0.2, 0.25) is 0 Å². The molecule has 0 radical (unpaired) electrons. The maximum atomic E-state index is 13.3. The molecular formula is C30H32O7S. The zero-order valence-electron chi connectivity index (χ0n) is 21.6. The standard InChI is InChI=1S/C30H32O7S/c1-19-9-13-21(14-10-19)28(31)36-26-25-24(18-34-29(37-25)22-7-5-4-6-8-22)35-30(38-3)27(26)33-17-20-11-15-23(32-2)16-12-20/h4-16,24-27,29-30H,17-18H2,1-3H3/t24-,25-,26+,27+,29-,30-/m1/s1. The number of fused-ring (bicyclic) bond motifs is 1. The van der Waals surface area contributed by atoms with E-state index < -0.39 is 36.7 Å². The third kappa shape index (κ3) is 6.06. The van der Waals surface area contributed by atoms with Gasteiger partial charge in [-0.15, -0.1) is 11.8 Å². The van der Waals surface area contributed by atoms with Gasteiger partial charge in [-0.2, -0.15) is 0 Å². The number of carbonyl (C=O) groups is 1. The summed E-state index contributed by atoms with van der Waals surface area (Å²) in [6.07, 6.45) is -0.928. The predicted molar refractivity (Wildman–Crippen MR) is 144 cm³/mol. The van der Waals surface area contributed by atoms with Crippen LogP contribution in [0.15, 0.2) is 78.9 Å². The Morgan fingerprint density at radius 2 is 1.68 bits per heavy atom. The molecular weight excluding hydrogens is 504 g/mol. The first-order valence-electron chi connectivity index (χ1n) is 12.6. The zero-order valence-corrected chi connectivity index (χ0v) is 22.5. The first-order valence-corrected chi connectivity index (χ1v) is 13.9. The Balaban J connectivity index is 1.41. The number of esters is 1. The molecule has 0 saturated carbocycles. The highest BCUT2D eigenvalue weighted by molar-refractivity contribution is 7.99. The molecule has 6 atom stereocenters. The normalized spacial score (nSPS) is 26.8. The van der Waals surface area contributed by atoms with E-state index in [1.54, 1.807) is 19.2 Å². The molecule has 0 N–H and O–H groups in total. The number of hydrogen-bond acceptors (Lipinski definition) is 8. The number of ether oxygens (including phenoxy) is 6. The minimum atomic E-state index is -0.714. The highest BCUT2D eigenvalue weighted by Gasteiger charge is 2.52. The second kappa shape index (κ2) is 12.3. The highest BCUT2D eigenvalue weighted by atomic mass is 32.2. The first-order chi connectivity index (χ1) is 18.6. The van der Waals surface area contributed by atoms with Crippen LogP contribution in [-0.4, -0.2) is 55.8 Å². The van der Waals surface area contributed by atoms with Gasteiger partial charge in [0, 0.05) is 5.56 Å². The second-order valence-corrected chi connectivity index (χ2v) is 10.3. The number of hydrogen-bond donors (Lipinski definition) is 0. The Morgan fingerprint density at radius 1 is 0.947 bits per heavy atom. The molecule has 2 aliphatic rings. The van der Waals surface area contributed by atoms with Gasteiger partial charge >= 0.3 is 5.97 Å². The van der Waals surface area contributed by atoms with Gasteiger partial charge in [0.1, 0.15) is 29.5 Å². The number of thioether (sulfide) groups is 1. The van der Waals surface area contributed by atoms with E-state index in [9.17, 15) is 4.79 Å². The summed E-state index contributed by atoms with van der Waals surface area (Å²) < 4.78 is 36.7. The number of rotatable bonds is 8. The summed E-state index contributed by atoms with van der Waals surface area (Å²) in [6, 6.07) is 24.7. The molecule has 7 nitrogen and oxygen atoms in total. The molecule has 0 amide bonds. The summed E-state index contributed by atoms with van der Waals surface area (Å²) in [4.78, 5) is 13.3. The maximum absolute atomic E-state index is 13.3. The van der Waals surface area contributed by atoms with E-state index in [-0.39, 0.29) is 5.44 Å². The van der Waals surface area contributed by atoms with Gasteiger partial charge in [-0.3, -0.25) is 0 Å². The van der Waals surface area contributed by atoms with Gasteiger partial charge in [-0.25, -0.2) is 4.79 Å². The van der Waals surface area contributed by atoms with Gasteiger partial charge in [0.25, 0.3) is 0 Å². The Bertz CT molecular complexity index is 1190. The van der Waals surface area contributed by atoms with Crippen LogP contribution in [-0.2, 0) is 30.3 Å². The fourth-order valence-corrected chi connectivity index (χ4v) is 5.38. The average Bonchev–Trinajstić information content (AvgIpc) is 2.97. The first kappa shape index (κ1) is 26.7. The Labute approximate surface area is 227 Å². The lowest BCUT2D eigenvalue weighted by atomic mass is 9.98. The molecule has 0 aromatic heterocycles. The fourth-order valence-electron chi connectivity index (χ4n) is 4.62. The minimum Gasteiger partial charge on any atom is -0.497 e. The van der Waals surface area contributed by atoms with Gasteiger partial charge in [-0.1, -0.05) is 60.2 Å². The van der Waals surface area contributed by atoms with Gasteiger partial charge in [0.05, 0.1) is 25.9 Å². The van der Waals surface area contributed by atoms with Crippen LogP contribution >= 0.6 is 11.8 Å². The fraction of sp³-hybridized carbons (Fsp3) is 0.367. The summed E-state index contributed by atoms with van der Waals surface area (Å²) in [5, 5.41) is 0. The molecule has 8 heteroatoms. The van der Waals surface area contributed by atoms with Crippen molar-refractivity contribution in [3.63, 3.8) is 0 Å². The van der Waals surface area contributed by atoms with Crippen LogP contribution in [0.5, 0.6) is 5.75 Å². The lowest BCUT2D eigenvalue weighted by molar-refractivity contribution is -0.322. The molecule has 38 heavy (non-hydrogen) atoms. The largest absolute Gasteiger partial charge is 0.497 e. The average molecular weight is 537 g/mol. The minimum absolute atomic E-state index is 0.309. The third-order valence-electron chi connectivity index (χ3n) is 6.72. The van der Waals surface area contributed by atoms with Crippen molar-refractivity contribution >= 4 is 17.7 Å². The second-order valence-electron chi connectivity index (χ2n) is 9.31. The van der Waals surface area contributed by atoms with Crippen LogP contribution in [0.1, 0.15) is 33.3 Å². The topological polar surface area (TPSA) is 72.5 Å². The van der Waals surface area contributed by atoms with Crippen molar-refractivity contribution in [3.05, 3.63) is 101 Å². The summed E-state index contributed by atoms with van der Waals surface area (Å²) >= 11 is 1.51. The van der Waals surface area contributed by atoms with E-state index in [0.29, 0.717) is 18.8 Å². The molecule has 3 aromatic rings.